The summed E-state index contributed by atoms with van der Waals surface area (Å²) in [6.07, 6.45) is 1.54. The van der Waals surface area contributed by atoms with Gasteiger partial charge in [0.25, 0.3) is 5.91 Å². The van der Waals surface area contributed by atoms with Crippen molar-refractivity contribution in [3.63, 3.8) is 0 Å². The number of benzene rings is 1. The van der Waals surface area contributed by atoms with E-state index < -0.39 is 18.4 Å². The lowest BCUT2D eigenvalue weighted by Gasteiger charge is -2.16. The van der Waals surface area contributed by atoms with Gasteiger partial charge in [-0.15, -0.1) is 0 Å². The summed E-state index contributed by atoms with van der Waals surface area (Å²) < 4.78 is 11.3. The molecule has 1 saturated heterocycles. The van der Waals surface area contributed by atoms with Crippen LogP contribution in [-0.2, 0) is 9.59 Å². The molecule has 1 heterocycles. The number of hydrogen-bond acceptors (Lipinski definition) is 7. The highest BCUT2D eigenvalue weighted by molar-refractivity contribution is 8.26. The number of thioether (sulfide) groups is 1. The Morgan fingerprint density at radius 2 is 2.17 bits per heavy atom. The molecule has 0 aromatic heterocycles. The maximum atomic E-state index is 12.3. The fraction of sp³-hybridized carbons (Fsp3) is 0.312. The van der Waals surface area contributed by atoms with Crippen molar-refractivity contribution in [2.24, 2.45) is 0 Å². The summed E-state index contributed by atoms with van der Waals surface area (Å²) in [4.78, 5) is 24.4. The van der Waals surface area contributed by atoms with Crippen LogP contribution >= 0.6 is 24.0 Å². The molecule has 128 valence electrons. The number of rotatable bonds is 6. The minimum absolute atomic E-state index is 0.0824. The van der Waals surface area contributed by atoms with Crippen molar-refractivity contribution in [1.29, 1.82) is 0 Å². The minimum Gasteiger partial charge on any atom is -0.548 e. The number of hydrogen-bond donors (Lipinski definition) is 0. The monoisotopic (exact) mass is 366 g/mol. The lowest BCUT2D eigenvalue weighted by Crippen LogP contribution is -2.40. The number of methoxy groups -OCH3 is 1. The molecule has 0 spiro atoms. The van der Waals surface area contributed by atoms with Crippen LogP contribution in [0, 0.1) is 0 Å². The lowest BCUT2D eigenvalue weighted by atomic mass is 10.1. The first-order valence-electron chi connectivity index (χ1n) is 7.12. The van der Waals surface area contributed by atoms with Crippen molar-refractivity contribution in [1.82, 2.24) is 4.90 Å². The van der Waals surface area contributed by atoms with Crippen molar-refractivity contribution in [2.75, 3.05) is 13.7 Å². The predicted octanol–water partition coefficient (Wildman–Crippen LogP) is 1.43. The van der Waals surface area contributed by atoms with Crippen LogP contribution in [0.15, 0.2) is 23.1 Å². The molecule has 1 aliphatic rings. The third-order valence-electron chi connectivity index (χ3n) is 3.03. The number of aliphatic carboxylic acids is 1. The van der Waals surface area contributed by atoms with Crippen LogP contribution in [0.25, 0.3) is 6.08 Å². The van der Waals surface area contributed by atoms with Crippen LogP contribution in [0.4, 0.5) is 0 Å². The van der Waals surface area contributed by atoms with Crippen molar-refractivity contribution in [3.8, 4) is 11.5 Å². The summed E-state index contributed by atoms with van der Waals surface area (Å²) in [6, 6.07) is 5.32. The molecular formula is C16H16NO5S2-. The first-order valence-corrected chi connectivity index (χ1v) is 8.34. The molecule has 0 saturated carbocycles. The Balaban J connectivity index is 2.39. The van der Waals surface area contributed by atoms with E-state index in [0.29, 0.717) is 22.0 Å². The zero-order chi connectivity index (χ0) is 17.9. The largest absolute Gasteiger partial charge is 0.548 e. The molecule has 0 bridgehead atoms. The van der Waals surface area contributed by atoms with Crippen molar-refractivity contribution >= 4 is 46.3 Å². The number of amides is 1. The van der Waals surface area contributed by atoms with Gasteiger partial charge in [0.15, 0.2) is 11.5 Å². The molecule has 1 aromatic carbocycles. The Hall–Kier alpha value is -2.06. The first kappa shape index (κ1) is 18.3. The molecule has 1 fully saturated rings. The third-order valence-corrected chi connectivity index (χ3v) is 4.41. The van der Waals surface area contributed by atoms with E-state index in [4.69, 9.17) is 21.7 Å². The summed E-state index contributed by atoms with van der Waals surface area (Å²) in [5.74, 6) is -0.770. The zero-order valence-electron chi connectivity index (χ0n) is 13.4. The van der Waals surface area contributed by atoms with Crippen LogP contribution < -0.4 is 14.6 Å². The molecule has 6 nitrogen and oxygen atoms in total. The second kappa shape index (κ2) is 7.67. The highest BCUT2D eigenvalue weighted by Gasteiger charge is 2.32. The number of carboxylic acids is 1. The van der Waals surface area contributed by atoms with Crippen LogP contribution in [0.5, 0.6) is 11.5 Å². The lowest BCUT2D eigenvalue weighted by molar-refractivity contribution is -0.305. The van der Waals surface area contributed by atoms with Gasteiger partial charge in [0, 0.05) is 5.56 Å². The van der Waals surface area contributed by atoms with Gasteiger partial charge in [0.05, 0.1) is 30.6 Å². The molecule has 1 aromatic rings. The Morgan fingerprint density at radius 1 is 1.46 bits per heavy atom. The Bertz CT molecular complexity index is 714. The highest BCUT2D eigenvalue weighted by atomic mass is 32.2. The van der Waals surface area contributed by atoms with Gasteiger partial charge in [0.1, 0.15) is 4.32 Å². The zero-order valence-corrected chi connectivity index (χ0v) is 15.0. The molecule has 0 unspecified atom stereocenters. The van der Waals surface area contributed by atoms with E-state index in [2.05, 4.69) is 0 Å². The van der Waals surface area contributed by atoms with Gasteiger partial charge in [-0.05, 0) is 26.0 Å². The summed E-state index contributed by atoms with van der Waals surface area (Å²) in [7, 11) is 1.53. The Morgan fingerprint density at radius 3 is 2.75 bits per heavy atom. The molecule has 1 amide bonds. The van der Waals surface area contributed by atoms with Crippen molar-refractivity contribution < 1.29 is 24.2 Å². The normalized spacial score (nSPS) is 16.2. The van der Waals surface area contributed by atoms with Gasteiger partial charge in [-0.3, -0.25) is 9.69 Å². The number of thiocarbonyl (C=S) groups is 1. The van der Waals surface area contributed by atoms with Gasteiger partial charge >= 0.3 is 0 Å². The van der Waals surface area contributed by atoms with Crippen LogP contribution in [0.3, 0.4) is 0 Å². The van der Waals surface area contributed by atoms with Crippen LogP contribution in [-0.4, -0.2) is 40.9 Å². The third kappa shape index (κ3) is 4.07. The smallest absolute Gasteiger partial charge is 0.266 e. The number of nitrogens with zero attached hydrogens (tertiary/aromatic N) is 1. The molecule has 8 heteroatoms. The molecule has 2 rings (SSSR count). The van der Waals surface area contributed by atoms with E-state index in [-0.39, 0.29) is 10.4 Å². The second-order valence-corrected chi connectivity index (χ2v) is 6.86. The maximum Gasteiger partial charge on any atom is 0.266 e. The summed E-state index contributed by atoms with van der Waals surface area (Å²) >= 11 is 6.10. The van der Waals surface area contributed by atoms with E-state index in [1.54, 1.807) is 24.3 Å². The minimum atomic E-state index is -1.36. The standard InChI is InChI=1S/C16H17NO5S2/c1-9(2)22-14-10(5-4-6-11(14)21-3)7-12-15(20)17(8-13(18)19)16(23)24-12/h4-7,9H,8H2,1-3H3,(H,18,19)/p-1/b12-7-. The number of carbonyl (C=O) groups is 2. The van der Waals surface area contributed by atoms with Gasteiger partial charge in [-0.1, -0.05) is 36.1 Å². The van der Waals surface area contributed by atoms with Crippen molar-refractivity contribution in [2.45, 2.75) is 20.0 Å². The van der Waals surface area contributed by atoms with E-state index in [9.17, 15) is 14.7 Å². The molecule has 24 heavy (non-hydrogen) atoms. The Labute approximate surface area is 149 Å². The average Bonchev–Trinajstić information content (AvgIpc) is 2.75. The Kier molecular flexibility index (Phi) is 5.84. The summed E-state index contributed by atoms with van der Waals surface area (Å²) in [5.41, 5.74) is 0.650. The molecular weight excluding hydrogens is 350 g/mol. The number of carboxylic acid groups (broad SMARTS) is 1. The number of carbonyl (C=O) groups excluding carboxylic acids is 2. The number of para-hydroxylation sites is 1. The van der Waals surface area contributed by atoms with E-state index in [1.165, 1.54) is 7.11 Å². The molecule has 0 aliphatic carbocycles. The van der Waals surface area contributed by atoms with Crippen LogP contribution in [0.2, 0.25) is 0 Å². The second-order valence-electron chi connectivity index (χ2n) is 5.19. The molecule has 0 radical (unpaired) electrons. The van der Waals surface area contributed by atoms with Crippen LogP contribution in [0.1, 0.15) is 19.4 Å². The van der Waals surface area contributed by atoms with Gasteiger partial charge in [-0.2, -0.15) is 0 Å². The highest BCUT2D eigenvalue weighted by Crippen LogP contribution is 2.37. The topological polar surface area (TPSA) is 78.9 Å². The van der Waals surface area contributed by atoms with E-state index in [0.717, 1.165) is 16.7 Å². The van der Waals surface area contributed by atoms with Crippen molar-refractivity contribution in [3.05, 3.63) is 28.7 Å². The van der Waals surface area contributed by atoms with Gasteiger partial charge in [0.2, 0.25) is 0 Å². The molecule has 0 atom stereocenters. The quantitative estimate of drug-likeness (QED) is 0.557. The SMILES string of the molecule is COc1cccc(/C=C2\SC(=S)N(CC(=O)[O-])C2=O)c1OC(C)C. The van der Waals surface area contributed by atoms with Gasteiger partial charge in [-0.25, -0.2) is 0 Å². The number of ether oxygens (including phenoxy) is 2. The summed E-state index contributed by atoms with van der Waals surface area (Å²) in [5, 5.41) is 10.7. The summed E-state index contributed by atoms with van der Waals surface area (Å²) in [6.45, 7) is 3.21. The fourth-order valence-electron chi connectivity index (χ4n) is 2.08. The predicted molar refractivity (Wildman–Crippen MR) is 93.6 cm³/mol. The van der Waals surface area contributed by atoms with E-state index in [1.807, 2.05) is 13.8 Å². The average molecular weight is 366 g/mol. The molecule has 1 aliphatic heterocycles. The van der Waals surface area contributed by atoms with Gasteiger partial charge < -0.3 is 19.4 Å². The molecule has 0 N–H and O–H groups in total. The first-order chi connectivity index (χ1) is 11.3. The maximum absolute atomic E-state index is 12.3. The fourth-order valence-corrected chi connectivity index (χ4v) is 3.32. The van der Waals surface area contributed by atoms with E-state index >= 15 is 0 Å².